The van der Waals surface area contributed by atoms with Crippen LogP contribution in [0.4, 0.5) is 0 Å². The van der Waals surface area contributed by atoms with E-state index < -0.39 is 0 Å². The number of hydrogen-bond donors (Lipinski definition) is 1. The van der Waals surface area contributed by atoms with Crippen LogP contribution in [0.5, 0.6) is 0 Å². The van der Waals surface area contributed by atoms with E-state index in [0.717, 1.165) is 5.70 Å². The van der Waals surface area contributed by atoms with Crippen molar-refractivity contribution in [2.75, 3.05) is 6.61 Å². The molecule has 0 amide bonds. The van der Waals surface area contributed by atoms with Gasteiger partial charge in [0.1, 0.15) is 0 Å². The minimum absolute atomic E-state index is 0.0561. The highest BCUT2D eigenvalue weighted by molar-refractivity contribution is 5.85. The quantitative estimate of drug-likeness (QED) is 0.690. The van der Waals surface area contributed by atoms with Crippen LogP contribution in [0.15, 0.2) is 16.8 Å². The van der Waals surface area contributed by atoms with Crippen molar-refractivity contribution >= 4 is 5.71 Å². The van der Waals surface area contributed by atoms with Gasteiger partial charge in [0.15, 0.2) is 0 Å². The Labute approximate surface area is 86.7 Å². The molecule has 2 nitrogen and oxygen atoms in total. The maximum Gasteiger partial charge on any atom is 0.0849 e. The Bertz CT molecular complexity index is 224. The van der Waals surface area contributed by atoms with Crippen LogP contribution in [-0.4, -0.2) is 17.4 Å². The van der Waals surface area contributed by atoms with Gasteiger partial charge in [0.2, 0.25) is 0 Å². The number of aliphatic hydroxyl groups is 1. The molecule has 0 saturated heterocycles. The average molecular weight is 195 g/mol. The molecule has 1 fully saturated rings. The van der Waals surface area contributed by atoms with Crippen LogP contribution in [-0.2, 0) is 0 Å². The normalized spacial score (nSPS) is 21.4. The smallest absolute Gasteiger partial charge is 0.0849 e. The molecule has 0 heterocycles. The molecule has 0 spiro atoms. The Morgan fingerprint density at radius 1 is 1.36 bits per heavy atom. The van der Waals surface area contributed by atoms with Gasteiger partial charge in [-0.2, -0.15) is 0 Å². The Kier molecular flexibility index (Phi) is 4.88. The van der Waals surface area contributed by atoms with Gasteiger partial charge < -0.3 is 5.11 Å². The molecule has 1 aliphatic carbocycles. The molecular formula is C12H21NO. The zero-order valence-electron chi connectivity index (χ0n) is 9.29. The summed E-state index contributed by atoms with van der Waals surface area (Å²) < 4.78 is 0. The van der Waals surface area contributed by atoms with E-state index in [0.29, 0.717) is 5.92 Å². The SMILES string of the molecule is C/C=C(CO)\N=C(/C)C1CCCCC1. The summed E-state index contributed by atoms with van der Waals surface area (Å²) in [6, 6.07) is 0. The number of aliphatic imine (C=N–C) groups is 1. The minimum Gasteiger partial charge on any atom is -0.390 e. The summed E-state index contributed by atoms with van der Waals surface area (Å²) in [6.45, 7) is 4.07. The molecule has 1 rings (SSSR count). The molecule has 0 atom stereocenters. The second-order valence-corrected chi connectivity index (χ2v) is 4.03. The highest BCUT2D eigenvalue weighted by Crippen LogP contribution is 2.25. The van der Waals surface area contributed by atoms with E-state index in [1.165, 1.54) is 37.8 Å². The van der Waals surface area contributed by atoms with Crippen LogP contribution in [0, 0.1) is 5.92 Å². The third-order valence-electron chi connectivity index (χ3n) is 3.01. The molecule has 0 radical (unpaired) electrons. The molecule has 0 aliphatic heterocycles. The lowest BCUT2D eigenvalue weighted by molar-refractivity contribution is 0.329. The van der Waals surface area contributed by atoms with Crippen molar-refractivity contribution < 1.29 is 5.11 Å². The summed E-state index contributed by atoms with van der Waals surface area (Å²) in [6.07, 6.45) is 8.48. The van der Waals surface area contributed by atoms with E-state index in [1.807, 2.05) is 13.0 Å². The second kappa shape index (κ2) is 5.97. The van der Waals surface area contributed by atoms with Crippen LogP contribution >= 0.6 is 0 Å². The fraction of sp³-hybridized carbons (Fsp3) is 0.750. The lowest BCUT2D eigenvalue weighted by atomic mass is 9.86. The van der Waals surface area contributed by atoms with Gasteiger partial charge in [-0.05, 0) is 32.6 Å². The largest absolute Gasteiger partial charge is 0.390 e. The van der Waals surface area contributed by atoms with E-state index >= 15 is 0 Å². The Hall–Kier alpha value is -0.630. The Morgan fingerprint density at radius 2 is 2.00 bits per heavy atom. The van der Waals surface area contributed by atoms with E-state index in [1.54, 1.807) is 0 Å². The molecule has 14 heavy (non-hydrogen) atoms. The van der Waals surface area contributed by atoms with Crippen LogP contribution in [0.1, 0.15) is 46.0 Å². The second-order valence-electron chi connectivity index (χ2n) is 4.03. The number of aliphatic hydroxyl groups excluding tert-OH is 1. The van der Waals surface area contributed by atoms with Crippen LogP contribution in [0.2, 0.25) is 0 Å². The first kappa shape index (κ1) is 11.4. The summed E-state index contributed by atoms with van der Waals surface area (Å²) in [5, 5.41) is 9.00. The standard InChI is InChI=1S/C12H21NO/c1-3-12(9-14)13-10(2)11-7-5-4-6-8-11/h3,11,14H,4-9H2,1-2H3/b12-3-,13-10+. The summed E-state index contributed by atoms with van der Waals surface area (Å²) in [5.74, 6) is 0.658. The molecule has 0 aromatic carbocycles. The third kappa shape index (κ3) is 3.26. The fourth-order valence-electron chi connectivity index (χ4n) is 2.03. The minimum atomic E-state index is 0.0561. The summed E-state index contributed by atoms with van der Waals surface area (Å²) in [7, 11) is 0. The third-order valence-corrected chi connectivity index (χ3v) is 3.01. The van der Waals surface area contributed by atoms with Crippen molar-refractivity contribution in [3.63, 3.8) is 0 Å². The lowest BCUT2D eigenvalue weighted by Gasteiger charge is -2.21. The van der Waals surface area contributed by atoms with Gasteiger partial charge in [-0.1, -0.05) is 25.3 Å². The molecule has 2 heteroatoms. The number of allylic oxidation sites excluding steroid dienone is 1. The zero-order valence-corrected chi connectivity index (χ0v) is 9.29. The number of hydrogen-bond acceptors (Lipinski definition) is 2. The molecule has 0 unspecified atom stereocenters. The van der Waals surface area contributed by atoms with E-state index in [-0.39, 0.29) is 6.61 Å². The topological polar surface area (TPSA) is 32.6 Å². The number of nitrogens with zero attached hydrogens (tertiary/aromatic N) is 1. The molecule has 1 aliphatic rings. The van der Waals surface area contributed by atoms with Crippen LogP contribution in [0.25, 0.3) is 0 Å². The van der Waals surface area contributed by atoms with E-state index in [9.17, 15) is 0 Å². The molecule has 0 bridgehead atoms. The van der Waals surface area contributed by atoms with Gasteiger partial charge in [-0.25, -0.2) is 0 Å². The van der Waals surface area contributed by atoms with Crippen molar-refractivity contribution in [3.8, 4) is 0 Å². The molecule has 1 saturated carbocycles. The highest BCUT2D eigenvalue weighted by atomic mass is 16.3. The van der Waals surface area contributed by atoms with Gasteiger partial charge >= 0.3 is 0 Å². The van der Waals surface area contributed by atoms with Crippen LogP contribution < -0.4 is 0 Å². The summed E-state index contributed by atoms with van der Waals surface area (Å²) in [5.41, 5.74) is 2.00. The summed E-state index contributed by atoms with van der Waals surface area (Å²) >= 11 is 0. The predicted molar refractivity (Wildman–Crippen MR) is 60.5 cm³/mol. The maximum absolute atomic E-state index is 9.00. The molecule has 0 aromatic heterocycles. The zero-order chi connectivity index (χ0) is 10.4. The molecular weight excluding hydrogens is 174 g/mol. The van der Waals surface area contributed by atoms with Crippen molar-refractivity contribution in [1.29, 1.82) is 0 Å². The predicted octanol–water partition coefficient (Wildman–Crippen LogP) is 2.92. The van der Waals surface area contributed by atoms with E-state index in [4.69, 9.17) is 5.11 Å². The first-order valence-electron chi connectivity index (χ1n) is 5.59. The van der Waals surface area contributed by atoms with Crippen LogP contribution in [0.3, 0.4) is 0 Å². The molecule has 0 aromatic rings. The first-order chi connectivity index (χ1) is 6.77. The summed E-state index contributed by atoms with van der Waals surface area (Å²) in [4.78, 5) is 4.46. The average Bonchev–Trinajstić information content (AvgIpc) is 2.26. The van der Waals surface area contributed by atoms with Gasteiger partial charge in [0.25, 0.3) is 0 Å². The van der Waals surface area contributed by atoms with Gasteiger partial charge in [-0.15, -0.1) is 0 Å². The van der Waals surface area contributed by atoms with Crippen molar-refractivity contribution in [2.24, 2.45) is 10.9 Å². The van der Waals surface area contributed by atoms with Crippen molar-refractivity contribution in [3.05, 3.63) is 11.8 Å². The van der Waals surface area contributed by atoms with E-state index in [2.05, 4.69) is 11.9 Å². The monoisotopic (exact) mass is 195 g/mol. The lowest BCUT2D eigenvalue weighted by Crippen LogP contribution is -2.15. The molecule has 1 N–H and O–H groups in total. The highest BCUT2D eigenvalue weighted by Gasteiger charge is 2.15. The van der Waals surface area contributed by atoms with Gasteiger partial charge in [0.05, 0.1) is 12.3 Å². The first-order valence-corrected chi connectivity index (χ1v) is 5.59. The fourth-order valence-corrected chi connectivity index (χ4v) is 2.03. The maximum atomic E-state index is 9.00. The molecule has 80 valence electrons. The van der Waals surface area contributed by atoms with Gasteiger partial charge in [-0.3, -0.25) is 4.99 Å². The van der Waals surface area contributed by atoms with Crippen molar-refractivity contribution in [2.45, 2.75) is 46.0 Å². The number of rotatable bonds is 3. The van der Waals surface area contributed by atoms with Crippen molar-refractivity contribution in [1.82, 2.24) is 0 Å². The Morgan fingerprint density at radius 3 is 2.50 bits per heavy atom. The Balaban J connectivity index is 2.57. The van der Waals surface area contributed by atoms with Gasteiger partial charge in [0, 0.05) is 5.71 Å².